The normalized spacial score (nSPS) is 16.3. The van der Waals surface area contributed by atoms with Gasteiger partial charge in [-0.3, -0.25) is 4.99 Å². The van der Waals surface area contributed by atoms with Gasteiger partial charge in [-0.1, -0.05) is 12.1 Å². The van der Waals surface area contributed by atoms with Crippen molar-refractivity contribution < 1.29 is 9.47 Å². The number of aliphatic imine (C=N–C) groups is 1. The molecule has 1 saturated heterocycles. The molecule has 0 bridgehead atoms. The number of ether oxygens (including phenoxy) is 2. The number of nitrogens with zero attached hydrogens (tertiary/aromatic N) is 2. The summed E-state index contributed by atoms with van der Waals surface area (Å²) in [6.07, 6.45) is 3.41. The molecule has 0 saturated carbocycles. The Morgan fingerprint density at radius 2 is 1.89 bits per heavy atom. The molecule has 0 spiro atoms. The summed E-state index contributed by atoms with van der Waals surface area (Å²) < 4.78 is 10.4. The topological polar surface area (TPSA) is 58.1 Å². The van der Waals surface area contributed by atoms with Crippen molar-refractivity contribution >= 4 is 5.96 Å². The van der Waals surface area contributed by atoms with Crippen LogP contribution in [0.5, 0.6) is 5.75 Å². The van der Waals surface area contributed by atoms with E-state index >= 15 is 0 Å². The highest BCUT2D eigenvalue weighted by Gasteiger charge is 2.18. The zero-order valence-electron chi connectivity index (χ0n) is 17.2. The molecule has 1 heterocycles. The quantitative estimate of drug-likeness (QED) is 0.484. The Balaban J connectivity index is 1.72. The van der Waals surface area contributed by atoms with E-state index in [1.165, 1.54) is 18.4 Å². The van der Waals surface area contributed by atoms with Crippen LogP contribution in [0.15, 0.2) is 29.3 Å². The van der Waals surface area contributed by atoms with E-state index in [0.29, 0.717) is 5.92 Å². The van der Waals surface area contributed by atoms with Gasteiger partial charge in [0.2, 0.25) is 0 Å². The van der Waals surface area contributed by atoms with Crippen LogP contribution in [0.4, 0.5) is 0 Å². The minimum Gasteiger partial charge on any atom is -0.497 e. The summed E-state index contributed by atoms with van der Waals surface area (Å²) >= 11 is 0. The molecule has 0 unspecified atom stereocenters. The van der Waals surface area contributed by atoms with Crippen molar-refractivity contribution in [2.45, 2.75) is 26.2 Å². The maximum absolute atomic E-state index is 5.21. The minimum absolute atomic E-state index is 0.681. The van der Waals surface area contributed by atoms with Gasteiger partial charge in [0.1, 0.15) is 5.75 Å². The number of likely N-dealkylation sites (tertiary alicyclic amines) is 1. The van der Waals surface area contributed by atoms with Crippen molar-refractivity contribution in [3.63, 3.8) is 0 Å². The van der Waals surface area contributed by atoms with Crippen molar-refractivity contribution in [2.75, 3.05) is 60.1 Å². The molecule has 1 fully saturated rings. The molecule has 1 aliphatic heterocycles. The molecule has 2 rings (SSSR count). The Hall–Kier alpha value is -1.79. The van der Waals surface area contributed by atoms with Gasteiger partial charge in [0.15, 0.2) is 5.96 Å². The summed E-state index contributed by atoms with van der Waals surface area (Å²) in [5.41, 5.74) is 1.29. The molecule has 0 atom stereocenters. The van der Waals surface area contributed by atoms with Crippen LogP contribution in [-0.2, 0) is 11.2 Å². The molecule has 0 amide bonds. The highest BCUT2D eigenvalue weighted by Crippen LogP contribution is 2.17. The lowest BCUT2D eigenvalue weighted by Gasteiger charge is -2.31. The van der Waals surface area contributed by atoms with Gasteiger partial charge in [-0.25, -0.2) is 0 Å². The number of hydrogen-bond acceptors (Lipinski definition) is 4. The van der Waals surface area contributed by atoms with Crippen LogP contribution >= 0.6 is 0 Å². The second-order valence-electron chi connectivity index (χ2n) is 7.02. The first kappa shape index (κ1) is 21.5. The fourth-order valence-corrected chi connectivity index (χ4v) is 3.29. The van der Waals surface area contributed by atoms with Crippen LogP contribution in [0, 0.1) is 5.92 Å². The van der Waals surface area contributed by atoms with E-state index in [-0.39, 0.29) is 0 Å². The molecule has 152 valence electrons. The van der Waals surface area contributed by atoms with Crippen LogP contribution in [0.3, 0.4) is 0 Å². The summed E-state index contributed by atoms with van der Waals surface area (Å²) in [4.78, 5) is 7.30. The molecule has 27 heavy (non-hydrogen) atoms. The van der Waals surface area contributed by atoms with Crippen LogP contribution < -0.4 is 15.4 Å². The van der Waals surface area contributed by atoms with E-state index in [9.17, 15) is 0 Å². The van der Waals surface area contributed by atoms with Gasteiger partial charge in [0, 0.05) is 33.3 Å². The molecular weight excluding hydrogens is 340 g/mol. The first-order valence-electron chi connectivity index (χ1n) is 10.1. The van der Waals surface area contributed by atoms with Crippen LogP contribution in [0.2, 0.25) is 0 Å². The van der Waals surface area contributed by atoms with E-state index in [1.807, 2.05) is 12.1 Å². The first-order valence-corrected chi connectivity index (χ1v) is 10.1. The number of benzene rings is 1. The highest BCUT2D eigenvalue weighted by atomic mass is 16.5. The first-order chi connectivity index (χ1) is 13.2. The molecule has 1 aliphatic rings. The zero-order chi connectivity index (χ0) is 19.3. The Kier molecular flexibility index (Phi) is 10.0. The largest absolute Gasteiger partial charge is 0.497 e. The third-order valence-electron chi connectivity index (χ3n) is 5.04. The van der Waals surface area contributed by atoms with Gasteiger partial charge < -0.3 is 25.0 Å². The molecule has 6 heteroatoms. The van der Waals surface area contributed by atoms with Crippen molar-refractivity contribution in [1.29, 1.82) is 0 Å². The molecule has 6 nitrogen and oxygen atoms in total. The van der Waals surface area contributed by atoms with E-state index in [1.54, 1.807) is 14.2 Å². The Morgan fingerprint density at radius 3 is 2.52 bits per heavy atom. The predicted molar refractivity (Wildman–Crippen MR) is 112 cm³/mol. The maximum Gasteiger partial charge on any atom is 0.191 e. The average Bonchev–Trinajstić information content (AvgIpc) is 2.71. The lowest BCUT2D eigenvalue weighted by atomic mass is 9.97. The number of methoxy groups -OCH3 is 2. The van der Waals surface area contributed by atoms with Gasteiger partial charge in [-0.05, 0) is 62.9 Å². The molecule has 1 aromatic carbocycles. The third kappa shape index (κ3) is 8.18. The number of rotatable bonds is 10. The smallest absolute Gasteiger partial charge is 0.191 e. The number of nitrogens with one attached hydrogen (secondary N) is 2. The average molecular weight is 377 g/mol. The molecule has 0 radical (unpaired) electrons. The monoisotopic (exact) mass is 376 g/mol. The van der Waals surface area contributed by atoms with Gasteiger partial charge in [0.05, 0.1) is 13.7 Å². The molecular formula is C21H36N4O2. The standard InChI is InChI=1S/C21H36N4O2/c1-4-22-21(23-12-9-18-5-7-20(27-3)8-6-18)24-17-19-10-13-25(14-11-19)15-16-26-2/h5-8,19H,4,9-17H2,1-3H3,(H2,22,23,24). The number of hydrogen-bond donors (Lipinski definition) is 2. The second-order valence-corrected chi connectivity index (χ2v) is 7.02. The Morgan fingerprint density at radius 1 is 1.15 bits per heavy atom. The van der Waals surface area contributed by atoms with E-state index in [2.05, 4.69) is 34.6 Å². The zero-order valence-corrected chi connectivity index (χ0v) is 17.2. The van der Waals surface area contributed by atoms with E-state index in [4.69, 9.17) is 14.5 Å². The van der Waals surface area contributed by atoms with Crippen molar-refractivity contribution in [3.05, 3.63) is 29.8 Å². The third-order valence-corrected chi connectivity index (χ3v) is 5.04. The summed E-state index contributed by atoms with van der Waals surface area (Å²) in [6.45, 7) is 8.94. The van der Waals surface area contributed by atoms with Crippen molar-refractivity contribution in [2.24, 2.45) is 10.9 Å². The fourth-order valence-electron chi connectivity index (χ4n) is 3.29. The second kappa shape index (κ2) is 12.6. The van der Waals surface area contributed by atoms with Gasteiger partial charge in [-0.2, -0.15) is 0 Å². The molecule has 0 aliphatic carbocycles. The van der Waals surface area contributed by atoms with Crippen LogP contribution in [0.1, 0.15) is 25.3 Å². The van der Waals surface area contributed by atoms with E-state index in [0.717, 1.165) is 64.0 Å². The summed E-state index contributed by atoms with van der Waals surface area (Å²) in [6, 6.07) is 8.24. The van der Waals surface area contributed by atoms with Crippen molar-refractivity contribution in [1.82, 2.24) is 15.5 Å². The van der Waals surface area contributed by atoms with Gasteiger partial charge >= 0.3 is 0 Å². The summed E-state index contributed by atoms with van der Waals surface area (Å²) in [5, 5.41) is 6.81. The highest BCUT2D eigenvalue weighted by molar-refractivity contribution is 5.79. The SMILES string of the molecule is CCNC(=NCC1CCN(CCOC)CC1)NCCc1ccc(OC)cc1. The summed E-state index contributed by atoms with van der Waals surface area (Å²) in [7, 11) is 3.46. The number of guanidine groups is 1. The van der Waals surface area contributed by atoms with Crippen molar-refractivity contribution in [3.8, 4) is 5.75 Å². The molecule has 0 aromatic heterocycles. The lowest BCUT2D eigenvalue weighted by Crippen LogP contribution is -2.40. The summed E-state index contributed by atoms with van der Waals surface area (Å²) in [5.74, 6) is 2.50. The Bertz CT molecular complexity index is 540. The van der Waals surface area contributed by atoms with Gasteiger partial charge in [0.25, 0.3) is 0 Å². The van der Waals surface area contributed by atoms with E-state index < -0.39 is 0 Å². The fraction of sp³-hybridized carbons (Fsp3) is 0.667. The number of piperidine rings is 1. The maximum atomic E-state index is 5.21. The molecule has 2 N–H and O–H groups in total. The van der Waals surface area contributed by atoms with Crippen LogP contribution in [0.25, 0.3) is 0 Å². The van der Waals surface area contributed by atoms with Gasteiger partial charge in [-0.15, -0.1) is 0 Å². The molecule has 1 aromatic rings. The Labute approximate surface area is 164 Å². The minimum atomic E-state index is 0.681. The lowest BCUT2D eigenvalue weighted by molar-refractivity contribution is 0.121. The van der Waals surface area contributed by atoms with Crippen LogP contribution in [-0.4, -0.2) is 71.0 Å². The predicted octanol–water partition coefficient (Wildman–Crippen LogP) is 2.15.